The third kappa shape index (κ3) is 4.94. The van der Waals surface area contributed by atoms with E-state index in [1.54, 1.807) is 24.3 Å². The molecule has 5 rings (SSSR count). The number of aliphatic imine (C=N–C) groups is 1. The molecule has 8 nitrogen and oxygen atoms in total. The Kier molecular flexibility index (Phi) is 6.57. The van der Waals surface area contributed by atoms with Gasteiger partial charge in [-0.05, 0) is 62.2 Å². The van der Waals surface area contributed by atoms with Crippen molar-refractivity contribution >= 4 is 51.1 Å². The van der Waals surface area contributed by atoms with Crippen LogP contribution in [0.3, 0.4) is 0 Å². The number of nitrogens with zero attached hydrogens (tertiary/aromatic N) is 4. The Morgan fingerprint density at radius 3 is 2.71 bits per heavy atom. The molecule has 2 aromatic heterocycles. The number of amidine groups is 1. The summed E-state index contributed by atoms with van der Waals surface area (Å²) in [5.74, 6) is 0.754. The number of hydrogen-bond acceptors (Lipinski definition) is 8. The van der Waals surface area contributed by atoms with Gasteiger partial charge >= 0.3 is 0 Å². The highest BCUT2D eigenvalue weighted by Crippen LogP contribution is 2.40. The van der Waals surface area contributed by atoms with Crippen molar-refractivity contribution < 1.29 is 14.1 Å². The standard InChI is InChI=1S/C25H24N4O4S2/c1-15-8-10-19(20(12-15)29(31)32)21-11-9-18(33-21)13-22-23(30)28(17-6-4-3-5-7-17)25(35-22)27-24-26-16(2)14-34-24/h8-14,17H,3-7H2,1-2H3/b22-13+,27-25+. The summed E-state index contributed by atoms with van der Waals surface area (Å²) in [6, 6.07) is 8.56. The maximum atomic E-state index is 13.5. The predicted octanol–water partition coefficient (Wildman–Crippen LogP) is 6.86. The van der Waals surface area contributed by atoms with Crippen LogP contribution in [0.5, 0.6) is 0 Å². The largest absolute Gasteiger partial charge is 0.456 e. The molecule has 180 valence electrons. The van der Waals surface area contributed by atoms with E-state index in [9.17, 15) is 14.9 Å². The minimum atomic E-state index is -0.412. The fraction of sp³-hybridized carbons (Fsp3) is 0.320. The summed E-state index contributed by atoms with van der Waals surface area (Å²) < 4.78 is 5.93. The van der Waals surface area contributed by atoms with E-state index in [0.29, 0.717) is 32.3 Å². The smallest absolute Gasteiger partial charge is 0.280 e. The number of rotatable bonds is 5. The highest BCUT2D eigenvalue weighted by molar-refractivity contribution is 8.18. The molecular formula is C25H24N4O4S2. The van der Waals surface area contributed by atoms with Crippen molar-refractivity contribution in [2.45, 2.75) is 52.0 Å². The lowest BCUT2D eigenvalue weighted by Crippen LogP contribution is -2.40. The molecule has 1 saturated heterocycles. The van der Waals surface area contributed by atoms with Gasteiger partial charge < -0.3 is 4.42 Å². The highest BCUT2D eigenvalue weighted by atomic mass is 32.2. The third-order valence-electron chi connectivity index (χ3n) is 6.09. The number of carbonyl (C=O) groups is 1. The summed E-state index contributed by atoms with van der Waals surface area (Å²) in [6.07, 6.45) is 6.99. The number of aromatic nitrogens is 1. The maximum Gasteiger partial charge on any atom is 0.280 e. The molecule has 1 aliphatic heterocycles. The number of thioether (sulfide) groups is 1. The van der Waals surface area contributed by atoms with Crippen molar-refractivity contribution in [1.82, 2.24) is 9.88 Å². The molecule has 0 radical (unpaired) electrons. The molecule has 1 saturated carbocycles. The average molecular weight is 509 g/mol. The monoisotopic (exact) mass is 508 g/mol. The van der Waals surface area contributed by atoms with Gasteiger partial charge in [-0.2, -0.15) is 4.99 Å². The number of carbonyl (C=O) groups excluding carboxylic acids is 1. The van der Waals surface area contributed by atoms with Crippen LogP contribution in [0.15, 0.2) is 50.0 Å². The maximum absolute atomic E-state index is 13.5. The van der Waals surface area contributed by atoms with Crippen LogP contribution in [0, 0.1) is 24.0 Å². The lowest BCUT2D eigenvalue weighted by atomic mass is 9.94. The first kappa shape index (κ1) is 23.5. The molecule has 0 spiro atoms. The lowest BCUT2D eigenvalue weighted by molar-refractivity contribution is -0.384. The number of benzene rings is 1. The number of nitro benzene ring substituents is 1. The first-order valence-corrected chi connectivity index (χ1v) is 13.2. The second-order valence-electron chi connectivity index (χ2n) is 8.72. The minimum absolute atomic E-state index is 0.0125. The van der Waals surface area contributed by atoms with E-state index in [4.69, 9.17) is 9.41 Å². The first-order valence-electron chi connectivity index (χ1n) is 11.5. The Bertz CT molecular complexity index is 1350. The van der Waals surface area contributed by atoms with Gasteiger partial charge in [0.15, 0.2) is 5.17 Å². The van der Waals surface area contributed by atoms with E-state index >= 15 is 0 Å². The Labute approximate surface area is 210 Å². The molecule has 0 unspecified atom stereocenters. The molecule has 0 N–H and O–H groups in total. The highest BCUT2D eigenvalue weighted by Gasteiger charge is 2.39. The van der Waals surface area contributed by atoms with E-state index in [1.807, 2.05) is 30.2 Å². The van der Waals surface area contributed by atoms with Gasteiger partial charge in [0.05, 0.1) is 21.1 Å². The molecule has 3 heterocycles. The van der Waals surface area contributed by atoms with E-state index in [1.165, 1.54) is 35.6 Å². The predicted molar refractivity (Wildman–Crippen MR) is 139 cm³/mol. The average Bonchev–Trinajstić information content (AvgIpc) is 3.54. The van der Waals surface area contributed by atoms with Gasteiger partial charge in [-0.25, -0.2) is 4.98 Å². The van der Waals surface area contributed by atoms with Crippen LogP contribution in [-0.4, -0.2) is 31.9 Å². The van der Waals surface area contributed by atoms with Gasteiger partial charge in [-0.1, -0.05) is 25.3 Å². The van der Waals surface area contributed by atoms with Crippen molar-refractivity contribution in [3.63, 3.8) is 0 Å². The van der Waals surface area contributed by atoms with E-state index < -0.39 is 4.92 Å². The van der Waals surface area contributed by atoms with Crippen molar-refractivity contribution in [1.29, 1.82) is 0 Å². The van der Waals surface area contributed by atoms with Gasteiger partial charge in [-0.15, -0.1) is 11.3 Å². The van der Waals surface area contributed by atoms with Gasteiger partial charge in [0.1, 0.15) is 11.5 Å². The summed E-state index contributed by atoms with van der Waals surface area (Å²) >= 11 is 2.77. The molecule has 0 bridgehead atoms. The number of nitro groups is 1. The van der Waals surface area contributed by atoms with Crippen LogP contribution >= 0.6 is 23.1 Å². The molecule has 1 amide bonds. The molecule has 2 fully saturated rings. The molecule has 10 heteroatoms. The zero-order chi connectivity index (χ0) is 24.5. The second kappa shape index (κ2) is 9.79. The number of furan rings is 1. The molecule has 3 aromatic rings. The number of hydrogen-bond donors (Lipinski definition) is 0. The Morgan fingerprint density at radius 1 is 1.20 bits per heavy atom. The van der Waals surface area contributed by atoms with Crippen LogP contribution < -0.4 is 0 Å². The molecule has 0 atom stereocenters. The summed E-state index contributed by atoms with van der Waals surface area (Å²) in [5.41, 5.74) is 2.09. The fourth-order valence-electron chi connectivity index (χ4n) is 4.41. The Balaban J connectivity index is 1.47. The SMILES string of the molecule is Cc1ccc(-c2ccc(/C=C3/S/C(=N/c4nc(C)cs4)N(C4CCCCC4)C3=O)o2)c([N+](=O)[O-])c1. The van der Waals surface area contributed by atoms with Gasteiger partial charge in [-0.3, -0.25) is 19.8 Å². The van der Waals surface area contributed by atoms with Crippen LogP contribution in [0.4, 0.5) is 10.8 Å². The van der Waals surface area contributed by atoms with Crippen molar-refractivity contribution in [3.05, 3.63) is 67.7 Å². The molecule has 35 heavy (non-hydrogen) atoms. The summed E-state index contributed by atoms with van der Waals surface area (Å²) in [4.78, 5) is 36.1. The van der Waals surface area contributed by atoms with E-state index in [0.717, 1.165) is 36.9 Å². The Hall–Kier alpha value is -3.24. The van der Waals surface area contributed by atoms with Crippen LogP contribution in [0.25, 0.3) is 17.4 Å². The normalized spacial score (nSPS) is 19.3. The fourth-order valence-corrected chi connectivity index (χ4v) is 6.15. The Morgan fingerprint density at radius 2 is 2.00 bits per heavy atom. The van der Waals surface area contributed by atoms with Gasteiger partial charge in [0.25, 0.3) is 11.6 Å². The molecule has 1 aliphatic carbocycles. The number of thiazole rings is 1. The minimum Gasteiger partial charge on any atom is -0.456 e. The summed E-state index contributed by atoms with van der Waals surface area (Å²) in [6.45, 7) is 3.73. The van der Waals surface area contributed by atoms with Crippen molar-refractivity contribution in [2.24, 2.45) is 4.99 Å². The van der Waals surface area contributed by atoms with E-state index in [-0.39, 0.29) is 17.6 Å². The molecule has 2 aliphatic rings. The third-order valence-corrected chi connectivity index (χ3v) is 7.93. The number of aryl methyl sites for hydroxylation is 2. The zero-order valence-electron chi connectivity index (χ0n) is 19.4. The first-order chi connectivity index (χ1) is 16.9. The van der Waals surface area contributed by atoms with Crippen LogP contribution in [0.2, 0.25) is 0 Å². The topological polar surface area (TPSA) is 102 Å². The number of amides is 1. The van der Waals surface area contributed by atoms with Gasteiger partial charge in [0.2, 0.25) is 5.13 Å². The van der Waals surface area contributed by atoms with Gasteiger partial charge in [0, 0.05) is 23.6 Å². The van der Waals surface area contributed by atoms with Crippen LogP contribution in [0.1, 0.15) is 49.1 Å². The second-order valence-corrected chi connectivity index (χ2v) is 10.6. The van der Waals surface area contributed by atoms with Crippen molar-refractivity contribution in [3.8, 4) is 11.3 Å². The summed E-state index contributed by atoms with van der Waals surface area (Å²) in [7, 11) is 0. The lowest BCUT2D eigenvalue weighted by Gasteiger charge is -2.30. The van der Waals surface area contributed by atoms with Crippen LogP contribution in [-0.2, 0) is 4.79 Å². The van der Waals surface area contributed by atoms with Crippen molar-refractivity contribution in [2.75, 3.05) is 0 Å². The molecule has 1 aromatic carbocycles. The zero-order valence-corrected chi connectivity index (χ0v) is 21.0. The molecular weight excluding hydrogens is 484 g/mol. The van der Waals surface area contributed by atoms with E-state index in [2.05, 4.69) is 4.98 Å². The quantitative estimate of drug-likeness (QED) is 0.212. The summed E-state index contributed by atoms with van der Waals surface area (Å²) in [5, 5.41) is 14.7.